The van der Waals surface area contributed by atoms with Crippen LogP contribution in [0.25, 0.3) is 22.2 Å². The largest absolute Gasteiger partial charge is 0.490 e. The van der Waals surface area contributed by atoms with Gasteiger partial charge in [-0.05, 0) is 44.2 Å². The first-order valence-corrected chi connectivity index (χ1v) is 18.7. The van der Waals surface area contributed by atoms with Gasteiger partial charge in [0.15, 0.2) is 11.6 Å². The van der Waals surface area contributed by atoms with Crippen LogP contribution in [0.5, 0.6) is 5.75 Å². The van der Waals surface area contributed by atoms with Crippen LogP contribution in [0.2, 0.25) is 25.7 Å². The Labute approximate surface area is 258 Å². The summed E-state index contributed by atoms with van der Waals surface area (Å²) in [5.41, 5.74) is -1.52. The minimum Gasteiger partial charge on any atom is -0.490 e. The summed E-state index contributed by atoms with van der Waals surface area (Å²) in [4.78, 5) is 44.4. The summed E-state index contributed by atoms with van der Waals surface area (Å²) in [6, 6.07) is 1.90. The predicted molar refractivity (Wildman–Crippen MR) is 169 cm³/mol. The molecule has 0 bridgehead atoms. The Bertz CT molecular complexity index is 1660. The van der Waals surface area contributed by atoms with Crippen molar-refractivity contribution in [2.45, 2.75) is 98.2 Å². The first kappa shape index (κ1) is 33.4. The highest BCUT2D eigenvalue weighted by Gasteiger charge is 2.33. The number of methoxy groups -OCH3 is 1. The molecule has 0 aliphatic carbocycles. The molecule has 1 aliphatic heterocycles. The van der Waals surface area contributed by atoms with Gasteiger partial charge in [-0.2, -0.15) is 4.39 Å². The molecule has 44 heavy (non-hydrogen) atoms. The number of hydrogen-bond acceptors (Lipinski definition) is 6. The summed E-state index contributed by atoms with van der Waals surface area (Å²) < 4.78 is 45.7. The fourth-order valence-electron chi connectivity index (χ4n) is 5.98. The van der Waals surface area contributed by atoms with Crippen LogP contribution in [0.4, 0.5) is 8.78 Å². The number of carbonyl (C=O) groups excluding carboxylic acids is 2. The van der Waals surface area contributed by atoms with Gasteiger partial charge in [0, 0.05) is 43.9 Å². The summed E-state index contributed by atoms with van der Waals surface area (Å²) in [6.45, 7) is 16.6. The third-order valence-corrected chi connectivity index (χ3v) is 9.29. The molecule has 2 aromatic heterocycles. The maximum atomic E-state index is 16.1. The van der Waals surface area contributed by atoms with E-state index in [1.807, 2.05) is 13.8 Å². The van der Waals surface area contributed by atoms with Crippen LogP contribution in [-0.2, 0) is 29.0 Å². The lowest BCUT2D eigenvalue weighted by atomic mass is 9.81. The number of amides is 1. The number of nitrogens with zero attached hydrogens (tertiary/aromatic N) is 3. The van der Waals surface area contributed by atoms with E-state index in [2.05, 4.69) is 50.7 Å². The number of nitrogens with one attached hydrogen (secondary N) is 1. The average molecular weight is 631 g/mol. The van der Waals surface area contributed by atoms with E-state index in [1.165, 1.54) is 28.5 Å². The van der Waals surface area contributed by atoms with Crippen molar-refractivity contribution in [3.63, 3.8) is 0 Å². The van der Waals surface area contributed by atoms with Crippen LogP contribution in [-0.4, -0.2) is 53.3 Å². The zero-order valence-electron chi connectivity index (χ0n) is 27.2. The number of halogens is 2. The molecule has 1 N–H and O–H groups in total. The van der Waals surface area contributed by atoms with Gasteiger partial charge < -0.3 is 19.4 Å². The second-order valence-electron chi connectivity index (χ2n) is 14.7. The number of aromatic nitrogens is 3. The van der Waals surface area contributed by atoms with E-state index in [4.69, 9.17) is 9.47 Å². The molecule has 0 atom stereocenters. The lowest BCUT2D eigenvalue weighted by molar-refractivity contribution is -0.141. The Morgan fingerprint density at radius 3 is 2.39 bits per heavy atom. The number of benzene rings is 1. The van der Waals surface area contributed by atoms with Gasteiger partial charge in [-0.3, -0.25) is 19.0 Å². The van der Waals surface area contributed by atoms with Crippen LogP contribution < -0.4 is 15.6 Å². The highest BCUT2D eigenvalue weighted by atomic mass is 28.3. The lowest BCUT2D eigenvalue weighted by Gasteiger charge is -2.33. The molecule has 1 aromatic carbocycles. The number of rotatable bonds is 10. The zero-order chi connectivity index (χ0) is 32.8. The third-order valence-electron chi connectivity index (χ3n) is 7.58. The Morgan fingerprint density at radius 1 is 1.09 bits per heavy atom. The van der Waals surface area contributed by atoms with E-state index >= 15 is 8.78 Å². The average Bonchev–Trinajstić information content (AvgIpc) is 3.49. The molecule has 0 radical (unpaired) electrons. The minimum absolute atomic E-state index is 0.0247. The number of carbonyl (C=O) groups is 2. The Balaban J connectivity index is 1.93. The third kappa shape index (κ3) is 7.22. The number of ether oxygens (including phenoxy) is 2. The van der Waals surface area contributed by atoms with Crippen LogP contribution in [0.15, 0.2) is 17.1 Å². The van der Waals surface area contributed by atoms with Crippen molar-refractivity contribution in [2.75, 3.05) is 13.7 Å². The summed E-state index contributed by atoms with van der Waals surface area (Å²) in [7, 11) is -0.368. The second-order valence-corrected chi connectivity index (χ2v) is 20.3. The first-order chi connectivity index (χ1) is 20.3. The van der Waals surface area contributed by atoms with Gasteiger partial charge in [0.2, 0.25) is 5.82 Å². The summed E-state index contributed by atoms with van der Waals surface area (Å²) >= 11 is 0. The van der Waals surface area contributed by atoms with Gasteiger partial charge in [-0.25, -0.2) is 9.37 Å². The van der Waals surface area contributed by atoms with Crippen molar-refractivity contribution >= 4 is 31.0 Å². The minimum atomic E-state index is -1.60. The fourth-order valence-corrected chi connectivity index (χ4v) is 6.69. The maximum absolute atomic E-state index is 16.1. The highest BCUT2D eigenvalue weighted by molar-refractivity contribution is 6.76. The Morgan fingerprint density at radius 2 is 1.77 bits per heavy atom. The highest BCUT2D eigenvalue weighted by Crippen LogP contribution is 2.38. The molecular formula is C32H44F2N4O5Si. The molecule has 0 fully saturated rings. The Hall–Kier alpha value is -3.54. The molecule has 3 heterocycles. The molecule has 4 rings (SSSR count). The number of hydrogen-bond donors (Lipinski definition) is 1. The second kappa shape index (κ2) is 12.1. The van der Waals surface area contributed by atoms with Gasteiger partial charge in [-0.1, -0.05) is 40.4 Å². The van der Waals surface area contributed by atoms with E-state index < -0.39 is 48.4 Å². The molecule has 240 valence electrons. The topological polar surface area (TPSA) is 104 Å². The van der Waals surface area contributed by atoms with Crippen LogP contribution in [0, 0.1) is 17.0 Å². The van der Waals surface area contributed by atoms with E-state index in [0.29, 0.717) is 37.7 Å². The maximum Gasteiger partial charge on any atom is 0.325 e. The zero-order valence-corrected chi connectivity index (χ0v) is 28.2. The molecule has 12 heteroatoms. The number of esters is 1. The number of fused-ring (bicyclic) bond motifs is 2. The quantitative estimate of drug-likeness (QED) is 0.220. The van der Waals surface area contributed by atoms with Crippen LogP contribution >= 0.6 is 0 Å². The van der Waals surface area contributed by atoms with Gasteiger partial charge in [0.05, 0.1) is 24.7 Å². The molecule has 9 nitrogen and oxygen atoms in total. The van der Waals surface area contributed by atoms with Crippen LogP contribution in [0.1, 0.15) is 63.6 Å². The SMILES string of the molecule is COC(=O)Cn1cc(-c2cc(C(=O)NC(C)(C)CC(C)(C)C)c(OCC[Si](C)(C)C)c(F)c2F)c2c(=O)n3c(nc21)CCC3. The molecule has 3 aromatic rings. The first-order valence-electron chi connectivity index (χ1n) is 15.0. The van der Waals surface area contributed by atoms with Crippen molar-refractivity contribution in [2.24, 2.45) is 5.41 Å². The summed E-state index contributed by atoms with van der Waals surface area (Å²) in [5, 5.41) is 3.01. The predicted octanol–water partition coefficient (Wildman–Crippen LogP) is 5.92. The molecule has 0 spiro atoms. The molecule has 0 unspecified atom stereocenters. The van der Waals surface area contributed by atoms with E-state index in [9.17, 15) is 14.4 Å². The number of aryl methyl sites for hydroxylation is 1. The molecule has 0 saturated heterocycles. The van der Waals surface area contributed by atoms with Crippen molar-refractivity contribution in [1.29, 1.82) is 0 Å². The van der Waals surface area contributed by atoms with E-state index in [-0.39, 0.29) is 46.3 Å². The van der Waals surface area contributed by atoms with Crippen LogP contribution in [0.3, 0.4) is 0 Å². The molecule has 1 aliphatic rings. The van der Waals surface area contributed by atoms with Crippen molar-refractivity contribution < 1.29 is 27.8 Å². The van der Waals surface area contributed by atoms with Gasteiger partial charge >= 0.3 is 5.97 Å². The molecule has 0 saturated carbocycles. The molecule has 1 amide bonds. The van der Waals surface area contributed by atoms with E-state index in [0.717, 1.165) is 0 Å². The normalized spacial score (nSPS) is 13.7. The van der Waals surface area contributed by atoms with Crippen molar-refractivity contribution in [1.82, 2.24) is 19.4 Å². The van der Waals surface area contributed by atoms with Gasteiger partial charge in [0.1, 0.15) is 18.0 Å². The van der Waals surface area contributed by atoms with E-state index in [1.54, 1.807) is 0 Å². The summed E-state index contributed by atoms with van der Waals surface area (Å²) in [6.07, 6.45) is 3.29. The van der Waals surface area contributed by atoms with Crippen molar-refractivity contribution in [3.8, 4) is 16.9 Å². The lowest BCUT2D eigenvalue weighted by Crippen LogP contribution is -2.46. The monoisotopic (exact) mass is 630 g/mol. The Kier molecular flexibility index (Phi) is 9.17. The smallest absolute Gasteiger partial charge is 0.325 e. The fraction of sp³-hybridized carbons (Fsp3) is 0.562. The van der Waals surface area contributed by atoms with Crippen molar-refractivity contribution in [3.05, 3.63) is 45.6 Å². The van der Waals surface area contributed by atoms with Gasteiger partial charge in [0.25, 0.3) is 11.5 Å². The van der Waals surface area contributed by atoms with Gasteiger partial charge in [-0.15, -0.1) is 0 Å². The summed E-state index contributed by atoms with van der Waals surface area (Å²) in [5.74, 6) is -3.73. The standard InChI is InChI=1S/C32H44F2N4O5Si/c1-31(2,3)18-32(4,5)36-29(40)20-15-19(25(33)26(34)27(20)43-13-14-44(7,8)9)21-16-37(17-23(39)42-6)28-24(21)30(41)38-12-10-11-22(38)35-28/h15-16H,10-14,17-18H2,1-9H3,(H,36,40). The molecular weight excluding hydrogens is 586 g/mol.